The number of aryl methyl sites for hydroxylation is 3. The van der Waals surface area contributed by atoms with Gasteiger partial charge in [-0.15, -0.1) is 0 Å². The molecular formula is C26H30N2O4S. The second-order valence-corrected chi connectivity index (χ2v) is 9.94. The Kier molecular flexibility index (Phi) is 7.43. The minimum Gasteiger partial charge on any atom is -0.495 e. The van der Waals surface area contributed by atoms with Crippen molar-refractivity contribution in [1.82, 2.24) is 5.32 Å². The van der Waals surface area contributed by atoms with Crippen molar-refractivity contribution in [2.24, 2.45) is 0 Å². The van der Waals surface area contributed by atoms with Crippen molar-refractivity contribution in [2.45, 2.75) is 38.6 Å². The van der Waals surface area contributed by atoms with Crippen molar-refractivity contribution >= 4 is 21.6 Å². The maximum absolute atomic E-state index is 13.5. The summed E-state index contributed by atoms with van der Waals surface area (Å²) in [7, 11) is -2.54. The van der Waals surface area contributed by atoms with Gasteiger partial charge >= 0.3 is 0 Å². The minimum atomic E-state index is -4.01. The van der Waals surface area contributed by atoms with Crippen LogP contribution in [0.1, 0.15) is 35.2 Å². The zero-order valence-corrected chi connectivity index (χ0v) is 20.4. The minimum absolute atomic E-state index is 0.0989. The van der Waals surface area contributed by atoms with Gasteiger partial charge in [0.25, 0.3) is 10.0 Å². The summed E-state index contributed by atoms with van der Waals surface area (Å²) < 4.78 is 33.5. The number of ether oxygens (including phenoxy) is 1. The molecule has 0 aromatic heterocycles. The standard InChI is InChI=1S/C26H30N2O4S/c1-18-15-20(3)23(16-19(18)2)21(4)27-26(29)17-28(24-13-9-10-14-25(24)32-5)33(30,31)22-11-7-6-8-12-22/h6-16,21H,17H2,1-5H3,(H,27,29). The van der Waals surface area contributed by atoms with Gasteiger partial charge in [0.15, 0.2) is 0 Å². The number of rotatable bonds is 8. The molecule has 3 aromatic rings. The van der Waals surface area contributed by atoms with E-state index < -0.39 is 15.9 Å². The number of anilines is 1. The van der Waals surface area contributed by atoms with Gasteiger partial charge in [0, 0.05) is 0 Å². The average Bonchev–Trinajstić information content (AvgIpc) is 2.80. The Morgan fingerprint density at radius 3 is 2.21 bits per heavy atom. The molecule has 0 fully saturated rings. The fourth-order valence-electron chi connectivity index (χ4n) is 3.80. The Morgan fingerprint density at radius 1 is 0.939 bits per heavy atom. The first-order valence-corrected chi connectivity index (χ1v) is 12.2. The topological polar surface area (TPSA) is 75.7 Å². The predicted molar refractivity (Wildman–Crippen MR) is 131 cm³/mol. The van der Waals surface area contributed by atoms with Gasteiger partial charge in [-0.25, -0.2) is 8.42 Å². The highest BCUT2D eigenvalue weighted by Crippen LogP contribution is 2.32. The predicted octanol–water partition coefficient (Wildman–Crippen LogP) is 4.69. The highest BCUT2D eigenvalue weighted by Gasteiger charge is 2.29. The summed E-state index contributed by atoms with van der Waals surface area (Å²) in [5, 5.41) is 2.96. The van der Waals surface area contributed by atoms with E-state index in [9.17, 15) is 13.2 Å². The molecule has 1 N–H and O–H groups in total. The molecule has 3 rings (SSSR count). The second kappa shape index (κ2) is 10.1. The molecule has 0 aliphatic rings. The molecule has 0 aliphatic heterocycles. The fourth-order valence-corrected chi connectivity index (χ4v) is 5.25. The van der Waals surface area contributed by atoms with Gasteiger partial charge in [-0.2, -0.15) is 0 Å². The van der Waals surface area contributed by atoms with Gasteiger partial charge in [-0.1, -0.05) is 42.5 Å². The summed E-state index contributed by atoms with van der Waals surface area (Å²) in [5.41, 5.74) is 4.70. The zero-order valence-electron chi connectivity index (χ0n) is 19.6. The highest BCUT2D eigenvalue weighted by atomic mass is 32.2. The molecule has 0 spiro atoms. The van der Waals surface area contributed by atoms with Crippen molar-refractivity contribution in [3.63, 3.8) is 0 Å². The smallest absolute Gasteiger partial charge is 0.264 e. The molecule has 3 aromatic carbocycles. The molecule has 0 saturated heterocycles. The normalized spacial score (nSPS) is 12.2. The largest absolute Gasteiger partial charge is 0.495 e. The Morgan fingerprint density at radius 2 is 1.55 bits per heavy atom. The Bertz CT molecular complexity index is 1240. The molecule has 0 radical (unpaired) electrons. The molecule has 1 atom stereocenters. The zero-order chi connectivity index (χ0) is 24.2. The third-order valence-corrected chi connectivity index (χ3v) is 7.47. The van der Waals surface area contributed by atoms with Crippen LogP contribution >= 0.6 is 0 Å². The SMILES string of the molecule is COc1ccccc1N(CC(=O)NC(C)c1cc(C)c(C)cc1C)S(=O)(=O)c1ccccc1. The maximum atomic E-state index is 13.5. The lowest BCUT2D eigenvalue weighted by atomic mass is 9.96. The maximum Gasteiger partial charge on any atom is 0.264 e. The molecule has 0 aliphatic carbocycles. The third-order valence-electron chi connectivity index (χ3n) is 5.70. The molecular weight excluding hydrogens is 436 g/mol. The summed E-state index contributed by atoms with van der Waals surface area (Å²) in [4.78, 5) is 13.2. The van der Waals surface area contributed by atoms with Crippen LogP contribution in [0.5, 0.6) is 5.75 Å². The van der Waals surface area contributed by atoms with Crippen molar-refractivity contribution in [2.75, 3.05) is 18.0 Å². The number of sulfonamides is 1. The molecule has 7 heteroatoms. The fraction of sp³-hybridized carbons (Fsp3) is 0.269. The number of benzene rings is 3. The first-order chi connectivity index (χ1) is 15.6. The van der Waals surface area contributed by atoms with Gasteiger partial charge in [-0.3, -0.25) is 9.10 Å². The van der Waals surface area contributed by atoms with Gasteiger partial charge in [-0.05, 0) is 74.2 Å². The van der Waals surface area contributed by atoms with Gasteiger partial charge in [0.2, 0.25) is 5.91 Å². The molecule has 33 heavy (non-hydrogen) atoms. The Labute approximate surface area is 196 Å². The number of hydrogen-bond donors (Lipinski definition) is 1. The number of nitrogens with zero attached hydrogens (tertiary/aromatic N) is 1. The van der Waals surface area contributed by atoms with Crippen LogP contribution in [0.4, 0.5) is 5.69 Å². The van der Waals surface area contributed by atoms with Crippen LogP contribution in [-0.2, 0) is 14.8 Å². The van der Waals surface area contributed by atoms with E-state index in [2.05, 4.69) is 24.4 Å². The van der Waals surface area contributed by atoms with Crippen LogP contribution in [0.25, 0.3) is 0 Å². The van der Waals surface area contributed by atoms with E-state index in [1.807, 2.05) is 20.8 Å². The monoisotopic (exact) mass is 466 g/mol. The third kappa shape index (κ3) is 5.37. The second-order valence-electron chi connectivity index (χ2n) is 8.08. The molecule has 0 bridgehead atoms. The van der Waals surface area contributed by atoms with E-state index in [-0.39, 0.29) is 17.5 Å². The lowest BCUT2D eigenvalue weighted by Gasteiger charge is -2.26. The Hall–Kier alpha value is -3.32. The average molecular weight is 467 g/mol. The van der Waals surface area contributed by atoms with Crippen LogP contribution in [0.2, 0.25) is 0 Å². The molecule has 6 nitrogen and oxygen atoms in total. The van der Waals surface area contributed by atoms with E-state index in [4.69, 9.17) is 4.74 Å². The van der Waals surface area contributed by atoms with Gasteiger partial charge in [0.05, 0.1) is 23.7 Å². The summed E-state index contributed by atoms with van der Waals surface area (Å²) in [6, 6.07) is 18.7. The van der Waals surface area contributed by atoms with E-state index in [0.29, 0.717) is 11.4 Å². The Balaban J connectivity index is 1.94. The van der Waals surface area contributed by atoms with Crippen molar-refractivity contribution < 1.29 is 17.9 Å². The number of nitrogens with one attached hydrogen (secondary N) is 1. The molecule has 0 heterocycles. The van der Waals surface area contributed by atoms with Crippen molar-refractivity contribution in [3.8, 4) is 5.75 Å². The number of carbonyl (C=O) groups excluding carboxylic acids is 1. The summed E-state index contributed by atoms with van der Waals surface area (Å²) in [5.74, 6) is -0.0478. The lowest BCUT2D eigenvalue weighted by molar-refractivity contribution is -0.120. The molecule has 0 saturated carbocycles. The van der Waals surface area contributed by atoms with E-state index in [1.54, 1.807) is 42.5 Å². The van der Waals surface area contributed by atoms with Crippen LogP contribution in [-0.4, -0.2) is 28.0 Å². The quantitative estimate of drug-likeness (QED) is 0.522. The summed E-state index contributed by atoms with van der Waals surface area (Å²) >= 11 is 0. The van der Waals surface area contributed by atoms with Crippen molar-refractivity contribution in [3.05, 3.63) is 89.0 Å². The summed E-state index contributed by atoms with van der Waals surface area (Å²) in [6.45, 7) is 7.60. The highest BCUT2D eigenvalue weighted by molar-refractivity contribution is 7.92. The van der Waals surface area contributed by atoms with Gasteiger partial charge < -0.3 is 10.1 Å². The van der Waals surface area contributed by atoms with Crippen LogP contribution in [0.15, 0.2) is 71.6 Å². The summed E-state index contributed by atoms with van der Waals surface area (Å²) in [6.07, 6.45) is 0. The van der Waals surface area contributed by atoms with Crippen LogP contribution in [0.3, 0.4) is 0 Å². The first-order valence-electron chi connectivity index (χ1n) is 10.7. The lowest BCUT2D eigenvalue weighted by Crippen LogP contribution is -2.41. The number of hydrogen-bond acceptors (Lipinski definition) is 4. The molecule has 1 amide bonds. The van der Waals surface area contributed by atoms with E-state index in [0.717, 1.165) is 21.0 Å². The van der Waals surface area contributed by atoms with Gasteiger partial charge in [0.1, 0.15) is 12.3 Å². The van der Waals surface area contributed by atoms with Crippen LogP contribution in [0, 0.1) is 20.8 Å². The van der Waals surface area contributed by atoms with E-state index in [1.165, 1.54) is 24.8 Å². The number of para-hydroxylation sites is 2. The number of methoxy groups -OCH3 is 1. The molecule has 1 unspecified atom stereocenters. The first kappa shape index (κ1) is 24.3. The molecule has 174 valence electrons. The van der Waals surface area contributed by atoms with E-state index >= 15 is 0 Å². The number of amides is 1. The number of carbonyl (C=O) groups is 1. The van der Waals surface area contributed by atoms with Crippen LogP contribution < -0.4 is 14.4 Å². The van der Waals surface area contributed by atoms with Crippen molar-refractivity contribution in [1.29, 1.82) is 0 Å².